The molecule has 1 aliphatic heterocycles. The van der Waals surface area contributed by atoms with Gasteiger partial charge in [-0.1, -0.05) is 23.8 Å². The Kier molecular flexibility index (Phi) is 3.92. The Bertz CT molecular complexity index is 619. The van der Waals surface area contributed by atoms with Gasteiger partial charge in [-0.05, 0) is 44.7 Å². The summed E-state index contributed by atoms with van der Waals surface area (Å²) in [4.78, 5) is 6.92. The van der Waals surface area contributed by atoms with E-state index in [1.807, 2.05) is 0 Å². The average Bonchev–Trinajstić information content (AvgIpc) is 2.97. The molecule has 1 aromatic heterocycles. The molecule has 0 spiro atoms. The zero-order valence-electron chi connectivity index (χ0n) is 12.8. The molecule has 1 atom stereocenters. The zero-order chi connectivity index (χ0) is 14.8. The molecule has 112 valence electrons. The first-order chi connectivity index (χ1) is 10.2. The van der Waals surface area contributed by atoms with Crippen LogP contribution in [0, 0.1) is 19.8 Å². The lowest BCUT2D eigenvalue weighted by atomic mass is 9.99. The van der Waals surface area contributed by atoms with Crippen molar-refractivity contribution in [2.75, 3.05) is 24.5 Å². The van der Waals surface area contributed by atoms with Gasteiger partial charge in [-0.25, -0.2) is 0 Å². The molecule has 5 heteroatoms. The molecule has 0 bridgehead atoms. The fourth-order valence-corrected chi connectivity index (χ4v) is 3.03. The maximum atomic E-state index is 5.80. The van der Waals surface area contributed by atoms with Crippen LogP contribution in [0.4, 0.5) is 5.95 Å². The topological polar surface area (TPSA) is 70.8 Å². The summed E-state index contributed by atoms with van der Waals surface area (Å²) in [5.74, 6) is 2.20. The molecule has 0 radical (unpaired) electrons. The maximum Gasteiger partial charge on any atom is 0.245 e. The van der Waals surface area contributed by atoms with Crippen LogP contribution in [0.3, 0.4) is 0 Å². The van der Waals surface area contributed by atoms with Gasteiger partial charge in [0.05, 0.1) is 0 Å². The van der Waals surface area contributed by atoms with E-state index in [9.17, 15) is 0 Å². The van der Waals surface area contributed by atoms with Crippen molar-refractivity contribution in [3.63, 3.8) is 0 Å². The van der Waals surface area contributed by atoms with Crippen molar-refractivity contribution in [3.05, 3.63) is 29.3 Å². The summed E-state index contributed by atoms with van der Waals surface area (Å²) < 4.78 is 0. The van der Waals surface area contributed by atoms with E-state index in [2.05, 4.69) is 52.1 Å². The predicted molar refractivity (Wildman–Crippen MR) is 85.3 cm³/mol. The lowest BCUT2D eigenvalue weighted by Crippen LogP contribution is -2.38. The van der Waals surface area contributed by atoms with Crippen LogP contribution in [-0.2, 0) is 0 Å². The number of hydrogen-bond acceptors (Lipinski definition) is 4. The number of anilines is 1. The Labute approximate surface area is 125 Å². The molecule has 0 aliphatic carbocycles. The predicted octanol–water partition coefficient (Wildman–Crippen LogP) is 2.26. The summed E-state index contributed by atoms with van der Waals surface area (Å²) >= 11 is 0. The number of piperidine rings is 1. The normalized spacial score (nSPS) is 19.0. The lowest BCUT2D eigenvalue weighted by Gasteiger charge is -2.31. The number of benzene rings is 1. The smallest absolute Gasteiger partial charge is 0.245 e. The van der Waals surface area contributed by atoms with Crippen molar-refractivity contribution >= 4 is 5.95 Å². The van der Waals surface area contributed by atoms with Crippen LogP contribution >= 0.6 is 0 Å². The van der Waals surface area contributed by atoms with E-state index in [1.165, 1.54) is 17.5 Å². The van der Waals surface area contributed by atoms with Gasteiger partial charge >= 0.3 is 0 Å². The van der Waals surface area contributed by atoms with Gasteiger partial charge in [-0.15, -0.1) is 5.10 Å². The molecule has 0 saturated carbocycles. The summed E-state index contributed by atoms with van der Waals surface area (Å²) in [5, 5.41) is 7.48. The Morgan fingerprint density at radius 3 is 3.00 bits per heavy atom. The number of hydrogen-bond donors (Lipinski definition) is 2. The van der Waals surface area contributed by atoms with Gasteiger partial charge < -0.3 is 10.6 Å². The minimum absolute atomic E-state index is 0.557. The molecule has 21 heavy (non-hydrogen) atoms. The highest BCUT2D eigenvalue weighted by atomic mass is 15.4. The van der Waals surface area contributed by atoms with E-state index >= 15 is 0 Å². The van der Waals surface area contributed by atoms with Crippen molar-refractivity contribution < 1.29 is 0 Å². The molecule has 2 aromatic rings. The molecule has 0 amide bonds. The molecule has 1 aliphatic rings. The number of rotatable bonds is 3. The van der Waals surface area contributed by atoms with Crippen molar-refractivity contribution in [2.45, 2.75) is 26.7 Å². The molecule has 5 nitrogen and oxygen atoms in total. The lowest BCUT2D eigenvalue weighted by molar-refractivity contribution is 0.420. The number of nitrogens with one attached hydrogen (secondary N) is 1. The number of nitrogens with two attached hydrogens (primary N) is 1. The van der Waals surface area contributed by atoms with Crippen molar-refractivity contribution in [3.8, 4) is 11.4 Å². The molecular weight excluding hydrogens is 262 g/mol. The minimum atomic E-state index is 0.557. The van der Waals surface area contributed by atoms with Gasteiger partial charge in [0.25, 0.3) is 0 Å². The van der Waals surface area contributed by atoms with Crippen LogP contribution in [-0.4, -0.2) is 34.8 Å². The average molecular weight is 285 g/mol. The van der Waals surface area contributed by atoms with Crippen LogP contribution in [0.25, 0.3) is 11.4 Å². The molecule has 2 heterocycles. The molecule has 1 unspecified atom stereocenters. The molecule has 1 fully saturated rings. The van der Waals surface area contributed by atoms with Gasteiger partial charge in [-0.3, -0.25) is 5.10 Å². The van der Waals surface area contributed by atoms with Crippen molar-refractivity contribution in [2.24, 2.45) is 11.7 Å². The molecular formula is C16H23N5. The van der Waals surface area contributed by atoms with E-state index in [4.69, 9.17) is 5.73 Å². The first kappa shape index (κ1) is 14.1. The van der Waals surface area contributed by atoms with E-state index in [1.54, 1.807) is 0 Å². The highest BCUT2D eigenvalue weighted by molar-refractivity contribution is 5.61. The van der Waals surface area contributed by atoms with Crippen LogP contribution in [0.1, 0.15) is 24.0 Å². The van der Waals surface area contributed by atoms with Crippen molar-refractivity contribution in [1.82, 2.24) is 15.2 Å². The third kappa shape index (κ3) is 2.93. The van der Waals surface area contributed by atoms with E-state index in [0.29, 0.717) is 5.92 Å². The van der Waals surface area contributed by atoms with Crippen LogP contribution < -0.4 is 10.6 Å². The number of aryl methyl sites for hydroxylation is 2. The summed E-state index contributed by atoms with van der Waals surface area (Å²) in [5.41, 5.74) is 9.40. The Morgan fingerprint density at radius 2 is 2.24 bits per heavy atom. The molecule has 1 saturated heterocycles. The first-order valence-electron chi connectivity index (χ1n) is 7.62. The van der Waals surface area contributed by atoms with Gasteiger partial charge in [0.1, 0.15) is 0 Å². The fraction of sp³-hybridized carbons (Fsp3) is 0.500. The number of aromatic amines is 1. The van der Waals surface area contributed by atoms with Gasteiger partial charge in [0, 0.05) is 18.7 Å². The second-order valence-corrected chi connectivity index (χ2v) is 5.99. The standard InChI is InChI=1S/C16H23N5/c1-11-5-6-14(12(2)8-11)15-18-16(20-19-15)21-7-3-4-13(9-17)10-21/h5-6,8,13H,3-4,7,9-10,17H2,1-2H3,(H,18,19,20). The van der Waals surface area contributed by atoms with E-state index in [0.717, 1.165) is 43.4 Å². The van der Waals surface area contributed by atoms with Gasteiger partial charge in [0.15, 0.2) is 5.82 Å². The molecule has 1 aromatic carbocycles. The monoisotopic (exact) mass is 285 g/mol. The van der Waals surface area contributed by atoms with E-state index in [-0.39, 0.29) is 0 Å². The summed E-state index contributed by atoms with van der Waals surface area (Å²) in [7, 11) is 0. The largest absolute Gasteiger partial charge is 0.339 e. The van der Waals surface area contributed by atoms with Crippen LogP contribution in [0.2, 0.25) is 0 Å². The minimum Gasteiger partial charge on any atom is -0.339 e. The Balaban J connectivity index is 1.83. The highest BCUT2D eigenvalue weighted by Gasteiger charge is 2.22. The quantitative estimate of drug-likeness (QED) is 0.907. The Hall–Kier alpha value is -1.88. The van der Waals surface area contributed by atoms with Crippen molar-refractivity contribution in [1.29, 1.82) is 0 Å². The van der Waals surface area contributed by atoms with Crippen LogP contribution in [0.15, 0.2) is 18.2 Å². The maximum absolute atomic E-state index is 5.80. The SMILES string of the molecule is Cc1ccc(-c2nc(N3CCCC(CN)C3)n[nH]2)c(C)c1. The Morgan fingerprint density at radius 1 is 1.38 bits per heavy atom. The summed E-state index contributed by atoms with van der Waals surface area (Å²) in [6, 6.07) is 6.38. The van der Waals surface area contributed by atoms with Gasteiger partial charge in [0.2, 0.25) is 5.95 Å². The molecule has 3 N–H and O–H groups in total. The first-order valence-corrected chi connectivity index (χ1v) is 7.62. The number of nitrogens with zero attached hydrogens (tertiary/aromatic N) is 3. The third-order valence-electron chi connectivity index (χ3n) is 4.25. The third-order valence-corrected chi connectivity index (χ3v) is 4.25. The second-order valence-electron chi connectivity index (χ2n) is 5.99. The molecule has 3 rings (SSSR count). The number of H-pyrrole nitrogens is 1. The highest BCUT2D eigenvalue weighted by Crippen LogP contribution is 2.24. The summed E-state index contributed by atoms with van der Waals surface area (Å²) in [6.45, 7) is 6.92. The number of aromatic nitrogens is 3. The zero-order valence-corrected chi connectivity index (χ0v) is 12.8. The summed E-state index contributed by atoms with van der Waals surface area (Å²) in [6.07, 6.45) is 2.37. The second kappa shape index (κ2) is 5.85. The fourth-order valence-electron chi connectivity index (χ4n) is 3.03. The van der Waals surface area contributed by atoms with Gasteiger partial charge in [-0.2, -0.15) is 4.98 Å². The van der Waals surface area contributed by atoms with Crippen LogP contribution in [0.5, 0.6) is 0 Å². The van der Waals surface area contributed by atoms with E-state index < -0.39 is 0 Å².